The van der Waals surface area contributed by atoms with Crippen molar-refractivity contribution in [1.29, 1.82) is 0 Å². The van der Waals surface area contributed by atoms with Crippen molar-refractivity contribution in [3.63, 3.8) is 0 Å². The number of hydrogen-bond acceptors (Lipinski definition) is 4. The first-order valence-corrected chi connectivity index (χ1v) is 7.04. The fourth-order valence-corrected chi connectivity index (χ4v) is 3.00. The fourth-order valence-electron chi connectivity index (χ4n) is 3.00. The number of methoxy groups -OCH3 is 1. The molecule has 0 saturated carbocycles. The Morgan fingerprint density at radius 3 is 2.89 bits per heavy atom. The van der Waals surface area contributed by atoms with E-state index in [9.17, 15) is 0 Å². The summed E-state index contributed by atoms with van der Waals surface area (Å²) in [6.45, 7) is 5.02. The number of ether oxygens (including phenoxy) is 2. The van der Waals surface area contributed by atoms with E-state index in [0.717, 1.165) is 51.4 Å². The lowest BCUT2D eigenvalue weighted by Gasteiger charge is -2.38. The molecular weight excluding hydrogens is 240 g/mol. The number of piperidine rings is 1. The average molecular weight is 262 g/mol. The molecule has 0 amide bonds. The lowest BCUT2D eigenvalue weighted by Crippen LogP contribution is -2.50. The van der Waals surface area contributed by atoms with E-state index in [1.165, 1.54) is 5.56 Å². The molecule has 2 fully saturated rings. The van der Waals surface area contributed by atoms with E-state index in [-0.39, 0.29) is 5.72 Å². The molecule has 1 aromatic carbocycles. The van der Waals surface area contributed by atoms with Crippen molar-refractivity contribution in [2.45, 2.75) is 25.1 Å². The number of rotatable bonds is 3. The van der Waals surface area contributed by atoms with Crippen LogP contribution in [0.3, 0.4) is 0 Å². The Morgan fingerprint density at radius 2 is 2.21 bits per heavy atom. The summed E-state index contributed by atoms with van der Waals surface area (Å²) in [5.74, 6) is 0.937. The van der Waals surface area contributed by atoms with Crippen molar-refractivity contribution < 1.29 is 9.47 Å². The maximum atomic E-state index is 5.86. The van der Waals surface area contributed by atoms with E-state index in [1.807, 2.05) is 6.07 Å². The molecular formula is C15H22N2O2. The molecule has 2 aliphatic rings. The molecule has 4 nitrogen and oxygen atoms in total. The average Bonchev–Trinajstić information content (AvgIpc) is 2.90. The Hall–Kier alpha value is -1.10. The van der Waals surface area contributed by atoms with Crippen LogP contribution in [0.2, 0.25) is 0 Å². The molecule has 1 spiro atoms. The summed E-state index contributed by atoms with van der Waals surface area (Å²) >= 11 is 0. The lowest BCUT2D eigenvalue weighted by molar-refractivity contribution is -0.0577. The molecule has 19 heavy (non-hydrogen) atoms. The molecule has 1 aromatic rings. The third-order valence-electron chi connectivity index (χ3n) is 4.13. The van der Waals surface area contributed by atoms with Crippen LogP contribution in [0.25, 0.3) is 0 Å². The Bertz CT molecular complexity index is 420. The third kappa shape index (κ3) is 2.91. The van der Waals surface area contributed by atoms with Gasteiger partial charge in [0.25, 0.3) is 0 Å². The van der Waals surface area contributed by atoms with E-state index >= 15 is 0 Å². The molecule has 4 heteroatoms. The maximum absolute atomic E-state index is 5.86. The predicted molar refractivity (Wildman–Crippen MR) is 74.2 cm³/mol. The molecule has 0 aromatic heterocycles. The molecule has 0 unspecified atom stereocenters. The number of likely N-dealkylation sites (tertiary alicyclic amines) is 1. The maximum Gasteiger partial charge on any atom is 0.121 e. The predicted octanol–water partition coefficient (Wildman–Crippen LogP) is 1.61. The molecule has 0 aliphatic carbocycles. The second-order valence-corrected chi connectivity index (χ2v) is 5.40. The Kier molecular flexibility index (Phi) is 3.73. The Labute approximate surface area is 114 Å². The first-order chi connectivity index (χ1) is 9.30. The topological polar surface area (TPSA) is 33.7 Å². The molecule has 2 aliphatic heterocycles. The molecule has 2 saturated heterocycles. The highest BCUT2D eigenvalue weighted by molar-refractivity contribution is 5.28. The van der Waals surface area contributed by atoms with Gasteiger partial charge in [0.1, 0.15) is 11.5 Å². The first-order valence-electron chi connectivity index (χ1n) is 7.04. The van der Waals surface area contributed by atoms with Crippen LogP contribution in [0.5, 0.6) is 5.75 Å². The number of hydrogen-bond donors (Lipinski definition) is 1. The van der Waals surface area contributed by atoms with Crippen LogP contribution in [0.1, 0.15) is 18.4 Å². The normalized spacial score (nSPS) is 22.8. The van der Waals surface area contributed by atoms with Gasteiger partial charge in [0.05, 0.1) is 13.7 Å². The summed E-state index contributed by atoms with van der Waals surface area (Å²) in [6, 6.07) is 8.33. The zero-order valence-electron chi connectivity index (χ0n) is 11.5. The minimum absolute atomic E-state index is 0.0229. The van der Waals surface area contributed by atoms with Crippen LogP contribution in [0.4, 0.5) is 0 Å². The van der Waals surface area contributed by atoms with Gasteiger partial charge >= 0.3 is 0 Å². The zero-order valence-corrected chi connectivity index (χ0v) is 11.5. The monoisotopic (exact) mass is 262 g/mol. The molecule has 0 radical (unpaired) electrons. The van der Waals surface area contributed by atoms with Crippen molar-refractivity contribution in [2.24, 2.45) is 0 Å². The van der Waals surface area contributed by atoms with Crippen LogP contribution in [-0.4, -0.2) is 44.0 Å². The van der Waals surface area contributed by atoms with Gasteiger partial charge in [0.2, 0.25) is 0 Å². The molecule has 0 atom stereocenters. The van der Waals surface area contributed by atoms with Gasteiger partial charge in [-0.3, -0.25) is 10.2 Å². The van der Waals surface area contributed by atoms with E-state index in [0.29, 0.717) is 0 Å². The Balaban J connectivity index is 1.56. The van der Waals surface area contributed by atoms with Crippen LogP contribution in [0, 0.1) is 0 Å². The second-order valence-electron chi connectivity index (χ2n) is 5.40. The highest BCUT2D eigenvalue weighted by atomic mass is 16.5. The van der Waals surface area contributed by atoms with Gasteiger partial charge in [-0.1, -0.05) is 12.1 Å². The van der Waals surface area contributed by atoms with Gasteiger partial charge in [-0.15, -0.1) is 0 Å². The van der Waals surface area contributed by atoms with Crippen molar-refractivity contribution >= 4 is 0 Å². The Morgan fingerprint density at radius 1 is 1.37 bits per heavy atom. The van der Waals surface area contributed by atoms with Gasteiger partial charge in [-0.25, -0.2) is 0 Å². The van der Waals surface area contributed by atoms with Gasteiger partial charge in [-0.2, -0.15) is 0 Å². The molecule has 1 N–H and O–H groups in total. The first kappa shape index (κ1) is 12.9. The van der Waals surface area contributed by atoms with Crippen molar-refractivity contribution in [3.05, 3.63) is 29.8 Å². The molecule has 3 rings (SSSR count). The largest absolute Gasteiger partial charge is 0.497 e. The van der Waals surface area contributed by atoms with Gasteiger partial charge < -0.3 is 9.47 Å². The highest BCUT2D eigenvalue weighted by Crippen LogP contribution is 2.27. The highest BCUT2D eigenvalue weighted by Gasteiger charge is 2.37. The van der Waals surface area contributed by atoms with Crippen LogP contribution >= 0.6 is 0 Å². The van der Waals surface area contributed by atoms with Crippen LogP contribution < -0.4 is 10.1 Å². The zero-order chi connectivity index (χ0) is 13.1. The summed E-state index contributed by atoms with van der Waals surface area (Å²) in [5.41, 5.74) is 1.29. The summed E-state index contributed by atoms with van der Waals surface area (Å²) in [6.07, 6.45) is 2.16. The summed E-state index contributed by atoms with van der Waals surface area (Å²) in [5, 5.41) is 3.51. The number of nitrogens with zero attached hydrogens (tertiary/aromatic N) is 1. The quantitative estimate of drug-likeness (QED) is 0.897. The smallest absolute Gasteiger partial charge is 0.121 e. The lowest BCUT2D eigenvalue weighted by atomic mass is 10.00. The van der Waals surface area contributed by atoms with E-state index in [1.54, 1.807) is 7.11 Å². The fraction of sp³-hybridized carbons (Fsp3) is 0.600. The number of benzene rings is 1. The third-order valence-corrected chi connectivity index (χ3v) is 4.13. The van der Waals surface area contributed by atoms with Crippen molar-refractivity contribution in [1.82, 2.24) is 10.2 Å². The van der Waals surface area contributed by atoms with Crippen LogP contribution in [0.15, 0.2) is 24.3 Å². The minimum atomic E-state index is -0.0229. The second kappa shape index (κ2) is 5.49. The van der Waals surface area contributed by atoms with E-state index < -0.39 is 0 Å². The van der Waals surface area contributed by atoms with Gasteiger partial charge in [0.15, 0.2) is 0 Å². The van der Waals surface area contributed by atoms with Crippen molar-refractivity contribution in [2.75, 3.05) is 33.4 Å². The molecule has 2 heterocycles. The molecule has 0 bridgehead atoms. The van der Waals surface area contributed by atoms with Gasteiger partial charge in [-0.05, 0) is 17.7 Å². The summed E-state index contributed by atoms with van der Waals surface area (Å²) < 4.78 is 11.1. The summed E-state index contributed by atoms with van der Waals surface area (Å²) in [7, 11) is 1.72. The number of nitrogens with one attached hydrogen (secondary N) is 1. The van der Waals surface area contributed by atoms with E-state index in [2.05, 4.69) is 28.4 Å². The van der Waals surface area contributed by atoms with E-state index in [4.69, 9.17) is 9.47 Å². The van der Waals surface area contributed by atoms with Gasteiger partial charge in [0, 0.05) is 39.0 Å². The summed E-state index contributed by atoms with van der Waals surface area (Å²) in [4.78, 5) is 2.49. The SMILES string of the molecule is COc1cccc(CN2CCC3(CC2)NCCO3)c1. The standard InChI is InChI=1S/C15H22N2O2/c1-18-14-4-2-3-13(11-14)12-17-8-5-15(6-9-17)16-7-10-19-15/h2-4,11,16H,5-10,12H2,1H3. The van der Waals surface area contributed by atoms with Crippen LogP contribution in [-0.2, 0) is 11.3 Å². The molecule has 104 valence electrons. The van der Waals surface area contributed by atoms with Crippen molar-refractivity contribution in [3.8, 4) is 5.75 Å². The minimum Gasteiger partial charge on any atom is -0.497 e.